The third kappa shape index (κ3) is 4.27. The highest BCUT2D eigenvalue weighted by Gasteiger charge is 2.13. The van der Waals surface area contributed by atoms with Gasteiger partial charge in [0.05, 0.1) is 22.8 Å². The summed E-state index contributed by atoms with van der Waals surface area (Å²) >= 11 is 0. The highest BCUT2D eigenvalue weighted by Crippen LogP contribution is 2.27. The number of hydrogen-bond donors (Lipinski definition) is 3. The van der Waals surface area contributed by atoms with Crippen molar-refractivity contribution in [3.05, 3.63) is 68.1 Å². The van der Waals surface area contributed by atoms with E-state index in [-0.39, 0.29) is 22.5 Å². The monoisotopic (exact) mass is 424 g/mol. The fourth-order valence-corrected chi connectivity index (χ4v) is 3.31. The summed E-state index contributed by atoms with van der Waals surface area (Å²) in [6.45, 7) is 7.34. The van der Waals surface area contributed by atoms with E-state index < -0.39 is 0 Å². The van der Waals surface area contributed by atoms with Crippen LogP contribution >= 0.6 is 0 Å². The molecule has 0 aliphatic carbocycles. The number of pyridine rings is 2. The van der Waals surface area contributed by atoms with E-state index in [4.69, 9.17) is 20.5 Å². The molecule has 0 atom stereocenters. The number of rotatable bonds is 2. The molecule has 4 aromatic heterocycles. The molecule has 10 nitrogen and oxygen atoms in total. The molecule has 10 heteroatoms. The molecule has 0 aliphatic heterocycles. The van der Waals surface area contributed by atoms with Crippen molar-refractivity contribution in [2.24, 2.45) is 7.05 Å². The fourth-order valence-electron chi connectivity index (χ4n) is 3.31. The van der Waals surface area contributed by atoms with Crippen molar-refractivity contribution in [1.29, 1.82) is 0 Å². The van der Waals surface area contributed by atoms with Gasteiger partial charge in [0.25, 0.3) is 11.1 Å². The van der Waals surface area contributed by atoms with E-state index in [1.54, 1.807) is 31.6 Å². The molecule has 0 spiro atoms. The van der Waals surface area contributed by atoms with Crippen LogP contribution in [-0.4, -0.2) is 19.9 Å². The fraction of sp³-hybridized carbons (Fsp3) is 0.238. The van der Waals surface area contributed by atoms with Crippen molar-refractivity contribution in [2.45, 2.75) is 27.7 Å². The van der Waals surface area contributed by atoms with Crippen molar-refractivity contribution < 1.29 is 9.05 Å². The molecule has 0 aliphatic rings. The molecular formula is C21H24N6O4. The Labute approximate surface area is 177 Å². The lowest BCUT2D eigenvalue weighted by Gasteiger charge is -2.05. The van der Waals surface area contributed by atoms with E-state index in [1.807, 2.05) is 27.7 Å². The van der Waals surface area contributed by atoms with Crippen molar-refractivity contribution >= 4 is 11.4 Å². The first kappa shape index (κ1) is 21.6. The quantitative estimate of drug-likeness (QED) is 0.442. The maximum atomic E-state index is 11.5. The van der Waals surface area contributed by atoms with E-state index in [0.29, 0.717) is 5.76 Å². The maximum absolute atomic E-state index is 11.5. The average Bonchev–Trinajstić information content (AvgIpc) is 3.23. The number of nitrogens with one attached hydrogen (secondary N) is 1. The molecule has 0 unspecified atom stereocenters. The number of nitrogens with zero attached hydrogens (tertiary/aromatic N) is 3. The summed E-state index contributed by atoms with van der Waals surface area (Å²) in [5, 5.41) is 7.71. The number of aryl methyl sites for hydroxylation is 5. The summed E-state index contributed by atoms with van der Waals surface area (Å²) in [5.74, 6) is 1.43. The normalized spacial score (nSPS) is 10.6. The first-order valence-corrected chi connectivity index (χ1v) is 9.41. The van der Waals surface area contributed by atoms with Gasteiger partial charge in [-0.25, -0.2) is 0 Å². The van der Waals surface area contributed by atoms with Crippen LogP contribution in [0, 0.1) is 27.7 Å². The smallest absolute Gasteiger partial charge is 0.273 e. The molecular weight excluding hydrogens is 400 g/mol. The second kappa shape index (κ2) is 8.34. The molecule has 4 aromatic rings. The predicted octanol–water partition coefficient (Wildman–Crippen LogP) is 2.47. The Kier molecular flexibility index (Phi) is 5.82. The van der Waals surface area contributed by atoms with Crippen LogP contribution in [0.15, 0.2) is 43.2 Å². The topological polar surface area (TPSA) is 159 Å². The third-order valence-electron chi connectivity index (χ3n) is 4.79. The van der Waals surface area contributed by atoms with Gasteiger partial charge in [-0.1, -0.05) is 10.3 Å². The zero-order valence-electron chi connectivity index (χ0n) is 17.9. The van der Waals surface area contributed by atoms with Gasteiger partial charge in [-0.15, -0.1) is 0 Å². The van der Waals surface area contributed by atoms with Gasteiger partial charge >= 0.3 is 0 Å². The summed E-state index contributed by atoms with van der Waals surface area (Å²) in [4.78, 5) is 25.1. The molecule has 0 radical (unpaired) electrons. The summed E-state index contributed by atoms with van der Waals surface area (Å²) in [6, 6.07) is 3.26. The molecule has 0 bridgehead atoms. The molecule has 162 valence electrons. The first-order chi connectivity index (χ1) is 14.6. The van der Waals surface area contributed by atoms with Crippen molar-refractivity contribution in [3.63, 3.8) is 0 Å². The summed E-state index contributed by atoms with van der Waals surface area (Å²) in [5.41, 5.74) is 16.1. The Hall–Kier alpha value is -4.08. The number of H-pyrrole nitrogens is 1. The van der Waals surface area contributed by atoms with Crippen LogP contribution in [0.25, 0.3) is 22.3 Å². The van der Waals surface area contributed by atoms with Gasteiger partial charge in [-0.2, -0.15) is 0 Å². The summed E-state index contributed by atoms with van der Waals surface area (Å²) < 4.78 is 11.6. The van der Waals surface area contributed by atoms with Gasteiger partial charge in [0.2, 0.25) is 0 Å². The number of aromatic amines is 1. The van der Waals surface area contributed by atoms with E-state index >= 15 is 0 Å². The molecule has 0 amide bonds. The van der Waals surface area contributed by atoms with Crippen LogP contribution in [0.4, 0.5) is 11.4 Å². The Balaban J connectivity index is 0.000000176. The predicted molar refractivity (Wildman–Crippen MR) is 118 cm³/mol. The lowest BCUT2D eigenvalue weighted by molar-refractivity contribution is 0.393. The van der Waals surface area contributed by atoms with E-state index in [0.717, 1.165) is 39.4 Å². The van der Waals surface area contributed by atoms with Crippen molar-refractivity contribution in [2.75, 3.05) is 11.5 Å². The number of nitrogen functional groups attached to an aromatic ring is 2. The first-order valence-electron chi connectivity index (χ1n) is 9.41. The summed E-state index contributed by atoms with van der Waals surface area (Å²) in [7, 11) is 1.67. The van der Waals surface area contributed by atoms with E-state index in [1.165, 1.54) is 4.57 Å². The Morgan fingerprint density at radius 2 is 1.39 bits per heavy atom. The molecule has 0 saturated carbocycles. The number of hydrogen-bond acceptors (Lipinski definition) is 8. The van der Waals surface area contributed by atoms with Crippen molar-refractivity contribution in [1.82, 2.24) is 19.9 Å². The van der Waals surface area contributed by atoms with E-state index in [2.05, 4.69) is 15.3 Å². The van der Waals surface area contributed by atoms with E-state index in [9.17, 15) is 9.59 Å². The zero-order chi connectivity index (χ0) is 22.9. The molecule has 4 rings (SSSR count). The van der Waals surface area contributed by atoms with Gasteiger partial charge in [0, 0.05) is 41.7 Å². The highest BCUT2D eigenvalue weighted by atomic mass is 16.5. The van der Waals surface area contributed by atoms with Gasteiger partial charge in [-0.05, 0) is 39.8 Å². The molecule has 31 heavy (non-hydrogen) atoms. The standard InChI is InChI=1S/C11H13N3O2.C10H11N3O2/c1-6-10(7(2)16-13-6)8-4-9(12)11(15)14(3)5-8;1-5-9(6(2)15-13-5)7-3-8(11)10(14)12-4-7/h4-5H,12H2,1-3H3;3-4H,11H2,1-2H3,(H,12,14). The van der Waals surface area contributed by atoms with Crippen LogP contribution in [0.5, 0.6) is 0 Å². The number of nitrogens with two attached hydrogens (primary N) is 2. The number of aromatic nitrogens is 4. The van der Waals surface area contributed by atoms with Gasteiger partial charge in [0.1, 0.15) is 11.5 Å². The van der Waals surface area contributed by atoms with Crippen LogP contribution in [0.2, 0.25) is 0 Å². The summed E-state index contributed by atoms with van der Waals surface area (Å²) in [6.07, 6.45) is 3.33. The molecule has 0 saturated heterocycles. The molecule has 5 N–H and O–H groups in total. The second-order valence-corrected chi connectivity index (χ2v) is 7.17. The molecule has 0 aromatic carbocycles. The molecule has 4 heterocycles. The second-order valence-electron chi connectivity index (χ2n) is 7.17. The zero-order valence-corrected chi connectivity index (χ0v) is 17.9. The van der Waals surface area contributed by atoms with Crippen molar-refractivity contribution in [3.8, 4) is 22.3 Å². The minimum absolute atomic E-state index is 0.188. The third-order valence-corrected chi connectivity index (χ3v) is 4.79. The SMILES string of the molecule is Cc1noc(C)c1-c1c[nH]c(=O)c(N)c1.Cc1noc(C)c1-c1cc(N)c(=O)n(C)c1. The van der Waals surface area contributed by atoms with Crippen LogP contribution in [0.3, 0.4) is 0 Å². The maximum Gasteiger partial charge on any atom is 0.273 e. The average molecular weight is 424 g/mol. The Bertz CT molecular complexity index is 1290. The highest BCUT2D eigenvalue weighted by molar-refractivity contribution is 5.70. The van der Waals surface area contributed by atoms with Crippen LogP contribution in [0.1, 0.15) is 22.9 Å². The van der Waals surface area contributed by atoms with Crippen LogP contribution in [-0.2, 0) is 7.05 Å². The lowest BCUT2D eigenvalue weighted by atomic mass is 10.1. The molecule has 0 fully saturated rings. The Morgan fingerprint density at radius 1 is 0.871 bits per heavy atom. The van der Waals surface area contributed by atoms with Crippen LogP contribution < -0.4 is 22.6 Å². The number of anilines is 2. The van der Waals surface area contributed by atoms with Gasteiger partial charge < -0.3 is 30.1 Å². The Morgan fingerprint density at radius 3 is 1.84 bits per heavy atom. The van der Waals surface area contributed by atoms with Gasteiger partial charge in [0.15, 0.2) is 0 Å². The van der Waals surface area contributed by atoms with Gasteiger partial charge in [-0.3, -0.25) is 9.59 Å². The lowest BCUT2D eigenvalue weighted by Crippen LogP contribution is -2.19. The minimum Gasteiger partial charge on any atom is -0.394 e. The largest absolute Gasteiger partial charge is 0.394 e. The minimum atomic E-state index is -0.287.